The number of hydrogen-bond donors (Lipinski definition) is 2. The van der Waals surface area contributed by atoms with Gasteiger partial charge >= 0.3 is 0 Å². The summed E-state index contributed by atoms with van der Waals surface area (Å²) in [4.78, 5) is 3.22. The number of tetrazole rings is 1. The quantitative estimate of drug-likeness (QED) is 0.693. The van der Waals surface area contributed by atoms with Crippen LogP contribution in [0.4, 0.5) is 0 Å². The van der Waals surface area contributed by atoms with Crippen molar-refractivity contribution < 1.29 is 14.5 Å². The lowest BCUT2D eigenvalue weighted by Crippen LogP contribution is -3.27. The van der Waals surface area contributed by atoms with Gasteiger partial charge < -0.3 is 14.5 Å². The van der Waals surface area contributed by atoms with Crippen LogP contribution in [0.2, 0.25) is 0 Å². The van der Waals surface area contributed by atoms with Gasteiger partial charge in [0, 0.05) is 5.92 Å². The maximum Gasteiger partial charge on any atom is 0.209 e. The lowest BCUT2D eigenvalue weighted by molar-refractivity contribution is -1.02. The Bertz CT molecular complexity index is 660. The SMILES string of the molecule is COc1ccc(Cn2nnnc2[C@H](C(C)C)[NH+]2CC[NH+](C)CC2)cc1. The van der Waals surface area contributed by atoms with E-state index in [0.717, 1.165) is 11.6 Å². The molecule has 7 heteroatoms. The summed E-state index contributed by atoms with van der Waals surface area (Å²) in [5, 5.41) is 12.7. The van der Waals surface area contributed by atoms with Gasteiger partial charge in [0.05, 0.1) is 20.7 Å². The zero-order valence-corrected chi connectivity index (χ0v) is 15.7. The molecule has 0 aliphatic carbocycles. The van der Waals surface area contributed by atoms with Gasteiger partial charge in [0.1, 0.15) is 31.9 Å². The molecule has 7 nitrogen and oxygen atoms in total. The molecule has 0 unspecified atom stereocenters. The van der Waals surface area contributed by atoms with Gasteiger partial charge in [-0.15, -0.1) is 5.10 Å². The average Bonchev–Trinajstić information content (AvgIpc) is 3.05. The van der Waals surface area contributed by atoms with Crippen LogP contribution in [0.3, 0.4) is 0 Å². The van der Waals surface area contributed by atoms with Crippen LogP contribution in [-0.4, -0.2) is 60.5 Å². The molecule has 0 spiro atoms. The fraction of sp³-hybridized carbons (Fsp3) is 0.611. The fourth-order valence-corrected chi connectivity index (χ4v) is 3.71. The van der Waals surface area contributed by atoms with Gasteiger partial charge in [0.2, 0.25) is 5.82 Å². The Kier molecular flexibility index (Phi) is 5.65. The van der Waals surface area contributed by atoms with E-state index in [1.54, 1.807) is 16.9 Å². The smallest absolute Gasteiger partial charge is 0.209 e. The summed E-state index contributed by atoms with van der Waals surface area (Å²) in [6.45, 7) is 9.99. The van der Waals surface area contributed by atoms with Crippen LogP contribution in [-0.2, 0) is 6.54 Å². The highest BCUT2D eigenvalue weighted by molar-refractivity contribution is 5.27. The number of rotatable bonds is 6. The zero-order valence-electron chi connectivity index (χ0n) is 15.7. The Balaban J connectivity index is 1.79. The summed E-state index contributed by atoms with van der Waals surface area (Å²) >= 11 is 0. The molecule has 0 saturated carbocycles. The second kappa shape index (κ2) is 7.93. The number of nitrogens with one attached hydrogen (secondary N) is 2. The van der Waals surface area contributed by atoms with Gasteiger partial charge in [-0.1, -0.05) is 26.0 Å². The van der Waals surface area contributed by atoms with E-state index in [1.807, 2.05) is 16.8 Å². The van der Waals surface area contributed by atoms with Crippen LogP contribution < -0.4 is 14.5 Å². The van der Waals surface area contributed by atoms with E-state index in [4.69, 9.17) is 4.74 Å². The van der Waals surface area contributed by atoms with Crippen molar-refractivity contribution in [2.75, 3.05) is 40.3 Å². The van der Waals surface area contributed by atoms with E-state index < -0.39 is 0 Å². The molecule has 1 saturated heterocycles. The third-order valence-corrected chi connectivity index (χ3v) is 5.18. The zero-order chi connectivity index (χ0) is 17.8. The number of ether oxygens (including phenoxy) is 1. The Morgan fingerprint density at radius 2 is 1.80 bits per heavy atom. The summed E-state index contributed by atoms with van der Waals surface area (Å²) in [6.07, 6.45) is 0. The molecule has 25 heavy (non-hydrogen) atoms. The minimum absolute atomic E-state index is 0.335. The van der Waals surface area contributed by atoms with Crippen LogP contribution in [0.1, 0.15) is 31.3 Å². The summed E-state index contributed by atoms with van der Waals surface area (Å²) in [5.74, 6) is 2.36. The van der Waals surface area contributed by atoms with Crippen LogP contribution in [0.15, 0.2) is 24.3 Å². The summed E-state index contributed by atoms with van der Waals surface area (Å²) in [5.41, 5.74) is 1.18. The first kappa shape index (κ1) is 17.8. The molecular weight excluding hydrogens is 316 g/mol. The van der Waals surface area contributed by atoms with Crippen molar-refractivity contribution in [3.63, 3.8) is 0 Å². The number of likely N-dealkylation sites (N-methyl/N-ethyl adjacent to an activating group) is 1. The fourth-order valence-electron chi connectivity index (χ4n) is 3.71. The first-order valence-electron chi connectivity index (χ1n) is 9.13. The molecule has 2 aromatic rings. The number of hydrogen-bond acceptors (Lipinski definition) is 4. The third-order valence-electron chi connectivity index (χ3n) is 5.18. The second-order valence-corrected chi connectivity index (χ2v) is 7.38. The molecule has 1 aliphatic rings. The summed E-state index contributed by atoms with van der Waals surface area (Å²) in [6, 6.07) is 8.43. The van der Waals surface area contributed by atoms with Gasteiger partial charge in [0.25, 0.3) is 0 Å². The molecule has 1 aromatic heterocycles. The molecule has 0 bridgehead atoms. The van der Waals surface area contributed by atoms with Gasteiger partial charge in [-0.25, -0.2) is 4.68 Å². The molecule has 1 aliphatic heterocycles. The lowest BCUT2D eigenvalue weighted by Gasteiger charge is -2.34. The molecule has 0 radical (unpaired) electrons. The van der Waals surface area contributed by atoms with Crippen molar-refractivity contribution in [3.8, 4) is 5.75 Å². The molecule has 0 amide bonds. The maximum absolute atomic E-state index is 5.23. The minimum atomic E-state index is 0.335. The number of nitrogens with zero attached hydrogens (tertiary/aromatic N) is 4. The topological polar surface area (TPSA) is 61.7 Å². The van der Waals surface area contributed by atoms with Gasteiger partial charge in [-0.3, -0.25) is 0 Å². The minimum Gasteiger partial charge on any atom is -0.497 e. The van der Waals surface area contributed by atoms with Crippen LogP contribution >= 0.6 is 0 Å². The molecule has 3 rings (SSSR count). The van der Waals surface area contributed by atoms with Crippen LogP contribution in [0.5, 0.6) is 5.75 Å². The molecular formula is C18H30N6O+2. The number of piperazine rings is 1. The number of methoxy groups -OCH3 is 1. The Morgan fingerprint density at radius 3 is 2.40 bits per heavy atom. The second-order valence-electron chi connectivity index (χ2n) is 7.38. The van der Waals surface area contributed by atoms with Crippen LogP contribution in [0, 0.1) is 5.92 Å². The molecule has 136 valence electrons. The van der Waals surface area contributed by atoms with Crippen LogP contribution in [0.25, 0.3) is 0 Å². The van der Waals surface area contributed by atoms with E-state index in [0.29, 0.717) is 18.5 Å². The largest absolute Gasteiger partial charge is 0.497 e. The van der Waals surface area contributed by atoms with Crippen molar-refractivity contribution in [1.82, 2.24) is 20.2 Å². The predicted octanol–water partition coefficient (Wildman–Crippen LogP) is -1.16. The maximum atomic E-state index is 5.23. The average molecular weight is 346 g/mol. The van der Waals surface area contributed by atoms with Crippen molar-refractivity contribution in [1.29, 1.82) is 0 Å². The van der Waals surface area contributed by atoms with Gasteiger partial charge in [-0.05, 0) is 28.1 Å². The summed E-state index contributed by atoms with van der Waals surface area (Å²) < 4.78 is 7.20. The monoisotopic (exact) mass is 346 g/mol. The predicted molar refractivity (Wildman–Crippen MR) is 94.8 cm³/mol. The van der Waals surface area contributed by atoms with Crippen molar-refractivity contribution in [2.24, 2.45) is 5.92 Å². The standard InChI is InChI=1S/C18H28N6O/c1-14(2)17(23-11-9-22(3)10-12-23)18-19-20-21-24(18)13-15-5-7-16(25-4)8-6-15/h5-8,14,17H,9-13H2,1-4H3/p+2/t17-/m0/s1. The third kappa shape index (κ3) is 4.16. The number of aromatic nitrogens is 4. The Labute approximate surface area is 149 Å². The van der Waals surface area contributed by atoms with E-state index in [1.165, 1.54) is 31.7 Å². The molecule has 2 N–H and O–H groups in total. The number of quaternary nitrogens is 2. The highest BCUT2D eigenvalue weighted by Gasteiger charge is 2.35. The van der Waals surface area contributed by atoms with Crippen molar-refractivity contribution >= 4 is 0 Å². The molecule has 2 heterocycles. The first-order chi connectivity index (χ1) is 12.1. The normalized spacial score (nSPS) is 22.1. The Morgan fingerprint density at radius 1 is 1.12 bits per heavy atom. The van der Waals surface area contributed by atoms with E-state index in [9.17, 15) is 0 Å². The van der Waals surface area contributed by atoms with E-state index in [2.05, 4.69) is 48.6 Å². The molecule has 1 aromatic carbocycles. The van der Waals surface area contributed by atoms with E-state index in [-0.39, 0.29) is 0 Å². The van der Waals surface area contributed by atoms with Crippen molar-refractivity contribution in [2.45, 2.75) is 26.4 Å². The summed E-state index contributed by atoms with van der Waals surface area (Å²) in [7, 11) is 3.96. The van der Waals surface area contributed by atoms with E-state index >= 15 is 0 Å². The van der Waals surface area contributed by atoms with Crippen molar-refractivity contribution in [3.05, 3.63) is 35.7 Å². The van der Waals surface area contributed by atoms with Gasteiger partial charge in [-0.2, -0.15) is 0 Å². The lowest BCUT2D eigenvalue weighted by atomic mass is 10.0. The molecule has 1 atom stereocenters. The first-order valence-corrected chi connectivity index (χ1v) is 9.13. The Hall–Kier alpha value is -1.99. The number of benzene rings is 1. The van der Waals surface area contributed by atoms with Gasteiger partial charge in [0.15, 0.2) is 6.04 Å². The molecule has 1 fully saturated rings. The highest BCUT2D eigenvalue weighted by Crippen LogP contribution is 2.18. The highest BCUT2D eigenvalue weighted by atomic mass is 16.5.